The molecule has 110 valence electrons. The predicted molar refractivity (Wildman–Crippen MR) is 82.8 cm³/mol. The summed E-state index contributed by atoms with van der Waals surface area (Å²) < 4.78 is 13.1. The van der Waals surface area contributed by atoms with Crippen LogP contribution in [-0.2, 0) is 6.42 Å². The first-order valence-electron chi connectivity index (χ1n) is 7.17. The molecule has 0 aliphatic rings. The van der Waals surface area contributed by atoms with E-state index < -0.39 is 0 Å². The van der Waals surface area contributed by atoms with E-state index in [0.29, 0.717) is 11.1 Å². The summed E-state index contributed by atoms with van der Waals surface area (Å²) in [6, 6.07) is 14.5. The van der Waals surface area contributed by atoms with Crippen molar-refractivity contribution in [3.8, 4) is 0 Å². The average Bonchev–Trinajstić information content (AvgIpc) is 2.46. The van der Waals surface area contributed by atoms with Crippen LogP contribution in [0.1, 0.15) is 34.8 Å². The van der Waals surface area contributed by atoms with Crippen LogP contribution in [0.25, 0.3) is 0 Å². The number of nitrogens with one attached hydrogen (secondary N) is 1. The summed E-state index contributed by atoms with van der Waals surface area (Å²) in [4.78, 5) is 12.2. The Bertz CT molecular complexity index is 610. The van der Waals surface area contributed by atoms with Crippen molar-refractivity contribution in [2.24, 2.45) is 0 Å². The van der Waals surface area contributed by atoms with E-state index in [1.807, 2.05) is 25.1 Å². The highest BCUT2D eigenvalue weighted by Crippen LogP contribution is 2.11. The summed E-state index contributed by atoms with van der Waals surface area (Å²) in [5, 5.41) is 2.97. The van der Waals surface area contributed by atoms with E-state index >= 15 is 0 Å². The first kappa shape index (κ1) is 15.2. The Hall–Kier alpha value is -2.16. The van der Waals surface area contributed by atoms with Crippen molar-refractivity contribution in [2.45, 2.75) is 32.7 Å². The number of carbonyl (C=O) groups is 1. The third-order valence-electron chi connectivity index (χ3n) is 3.52. The Balaban J connectivity index is 1.90. The highest BCUT2D eigenvalue weighted by Gasteiger charge is 2.12. The summed E-state index contributed by atoms with van der Waals surface area (Å²) in [6.45, 7) is 3.73. The molecule has 2 nitrogen and oxygen atoms in total. The van der Waals surface area contributed by atoms with Gasteiger partial charge in [-0.3, -0.25) is 4.79 Å². The van der Waals surface area contributed by atoms with Crippen molar-refractivity contribution in [3.05, 3.63) is 71.0 Å². The molecule has 2 aromatic carbocycles. The molecule has 0 saturated heterocycles. The van der Waals surface area contributed by atoms with Gasteiger partial charge in [0.25, 0.3) is 5.91 Å². The van der Waals surface area contributed by atoms with Crippen molar-refractivity contribution >= 4 is 5.91 Å². The highest BCUT2D eigenvalue weighted by molar-refractivity contribution is 5.95. The van der Waals surface area contributed by atoms with Gasteiger partial charge in [-0.15, -0.1) is 0 Å². The maximum Gasteiger partial charge on any atom is 0.251 e. The Kier molecular flexibility index (Phi) is 5.09. The van der Waals surface area contributed by atoms with Crippen LogP contribution in [0, 0.1) is 12.7 Å². The number of rotatable bonds is 5. The molecule has 0 aliphatic heterocycles. The molecule has 2 rings (SSSR count). The molecular weight excluding hydrogens is 265 g/mol. The van der Waals surface area contributed by atoms with Crippen LogP contribution < -0.4 is 5.32 Å². The second kappa shape index (κ2) is 7.02. The van der Waals surface area contributed by atoms with Gasteiger partial charge in [0.1, 0.15) is 5.82 Å². The van der Waals surface area contributed by atoms with E-state index in [1.165, 1.54) is 23.8 Å². The molecule has 0 aromatic heterocycles. The molecule has 0 heterocycles. The molecule has 1 atom stereocenters. The lowest BCUT2D eigenvalue weighted by molar-refractivity contribution is 0.0938. The van der Waals surface area contributed by atoms with E-state index in [-0.39, 0.29) is 17.8 Å². The standard InChI is InChI=1S/C18H20FNO/c1-13-12-16(19)10-11-17(13)18(21)20-14(2)8-9-15-6-4-3-5-7-15/h3-7,10-12,14H,8-9H2,1-2H3,(H,20,21). The Morgan fingerprint density at radius 2 is 1.90 bits per heavy atom. The van der Waals surface area contributed by atoms with Crippen molar-refractivity contribution in [3.63, 3.8) is 0 Å². The van der Waals surface area contributed by atoms with Gasteiger partial charge in [-0.1, -0.05) is 30.3 Å². The van der Waals surface area contributed by atoms with Gasteiger partial charge in [-0.25, -0.2) is 4.39 Å². The first-order chi connectivity index (χ1) is 10.1. The number of aryl methyl sites for hydroxylation is 2. The van der Waals surface area contributed by atoms with Crippen LogP contribution in [-0.4, -0.2) is 11.9 Å². The third-order valence-corrected chi connectivity index (χ3v) is 3.52. The average molecular weight is 285 g/mol. The fraction of sp³-hybridized carbons (Fsp3) is 0.278. The van der Waals surface area contributed by atoms with Crippen molar-refractivity contribution < 1.29 is 9.18 Å². The number of hydrogen-bond acceptors (Lipinski definition) is 1. The van der Waals surface area contributed by atoms with Crippen LogP contribution in [0.3, 0.4) is 0 Å². The fourth-order valence-electron chi connectivity index (χ4n) is 2.28. The third kappa shape index (κ3) is 4.42. The van der Waals surface area contributed by atoms with Crippen LogP contribution in [0.4, 0.5) is 4.39 Å². The van der Waals surface area contributed by atoms with Gasteiger partial charge >= 0.3 is 0 Å². The number of halogens is 1. The summed E-state index contributed by atoms with van der Waals surface area (Å²) in [5.41, 5.74) is 2.45. The number of hydrogen-bond donors (Lipinski definition) is 1. The maximum atomic E-state index is 13.1. The largest absolute Gasteiger partial charge is 0.350 e. The van der Waals surface area contributed by atoms with Crippen LogP contribution in [0.2, 0.25) is 0 Å². The van der Waals surface area contributed by atoms with E-state index in [0.717, 1.165) is 12.8 Å². The molecule has 0 radical (unpaired) electrons. The molecule has 0 saturated carbocycles. The normalized spacial score (nSPS) is 12.0. The minimum absolute atomic E-state index is 0.0714. The van der Waals surface area contributed by atoms with Gasteiger partial charge in [0, 0.05) is 11.6 Å². The molecule has 1 N–H and O–H groups in total. The molecule has 1 unspecified atom stereocenters. The molecule has 21 heavy (non-hydrogen) atoms. The van der Waals surface area contributed by atoms with E-state index in [2.05, 4.69) is 17.4 Å². The van der Waals surface area contributed by atoms with E-state index in [1.54, 1.807) is 6.92 Å². The number of amides is 1. The van der Waals surface area contributed by atoms with Crippen LogP contribution in [0.15, 0.2) is 48.5 Å². The summed E-state index contributed by atoms with van der Waals surface area (Å²) >= 11 is 0. The minimum atomic E-state index is -0.318. The zero-order valence-corrected chi connectivity index (χ0v) is 12.4. The molecular formula is C18H20FNO. The second-order valence-corrected chi connectivity index (χ2v) is 5.36. The van der Waals surface area contributed by atoms with Crippen molar-refractivity contribution in [1.29, 1.82) is 0 Å². The van der Waals surface area contributed by atoms with E-state index in [9.17, 15) is 9.18 Å². The lowest BCUT2D eigenvalue weighted by atomic mass is 10.0. The molecule has 1 amide bonds. The smallest absolute Gasteiger partial charge is 0.251 e. The number of benzene rings is 2. The van der Waals surface area contributed by atoms with Crippen LogP contribution >= 0.6 is 0 Å². The lowest BCUT2D eigenvalue weighted by Gasteiger charge is -2.15. The van der Waals surface area contributed by atoms with Crippen molar-refractivity contribution in [2.75, 3.05) is 0 Å². The maximum absolute atomic E-state index is 13.1. The molecule has 0 spiro atoms. The second-order valence-electron chi connectivity index (χ2n) is 5.36. The monoisotopic (exact) mass is 285 g/mol. The molecule has 0 fully saturated rings. The molecule has 2 aromatic rings. The van der Waals surface area contributed by atoms with Gasteiger partial charge in [-0.05, 0) is 56.0 Å². The Labute approximate surface area is 125 Å². The summed E-state index contributed by atoms with van der Waals surface area (Å²) in [6.07, 6.45) is 1.79. The van der Waals surface area contributed by atoms with Gasteiger partial charge in [0.2, 0.25) is 0 Å². The van der Waals surface area contributed by atoms with Gasteiger partial charge in [-0.2, -0.15) is 0 Å². The fourth-order valence-corrected chi connectivity index (χ4v) is 2.28. The minimum Gasteiger partial charge on any atom is -0.350 e. The highest BCUT2D eigenvalue weighted by atomic mass is 19.1. The van der Waals surface area contributed by atoms with Crippen molar-refractivity contribution in [1.82, 2.24) is 5.32 Å². The lowest BCUT2D eigenvalue weighted by Crippen LogP contribution is -2.33. The molecule has 0 aliphatic carbocycles. The summed E-state index contributed by atoms with van der Waals surface area (Å²) in [5.74, 6) is -0.464. The summed E-state index contributed by atoms with van der Waals surface area (Å²) in [7, 11) is 0. The topological polar surface area (TPSA) is 29.1 Å². The quantitative estimate of drug-likeness (QED) is 0.887. The first-order valence-corrected chi connectivity index (χ1v) is 7.17. The zero-order chi connectivity index (χ0) is 15.2. The zero-order valence-electron chi connectivity index (χ0n) is 12.4. The molecule has 0 bridgehead atoms. The predicted octanol–water partition coefficient (Wildman–Crippen LogP) is 3.89. The Morgan fingerprint density at radius 3 is 2.57 bits per heavy atom. The van der Waals surface area contributed by atoms with E-state index in [4.69, 9.17) is 0 Å². The number of carbonyl (C=O) groups excluding carboxylic acids is 1. The van der Waals surface area contributed by atoms with Gasteiger partial charge in [0.05, 0.1) is 0 Å². The molecule has 3 heteroatoms. The van der Waals surface area contributed by atoms with Gasteiger partial charge in [0.15, 0.2) is 0 Å². The van der Waals surface area contributed by atoms with Gasteiger partial charge < -0.3 is 5.32 Å². The Morgan fingerprint density at radius 1 is 1.19 bits per heavy atom. The SMILES string of the molecule is Cc1cc(F)ccc1C(=O)NC(C)CCc1ccccc1. The van der Waals surface area contributed by atoms with Crippen LogP contribution in [0.5, 0.6) is 0 Å².